The number of amides is 1. The number of para-hydroxylation sites is 1. The van der Waals surface area contributed by atoms with Gasteiger partial charge in [0, 0.05) is 6.54 Å². The van der Waals surface area contributed by atoms with Crippen molar-refractivity contribution in [1.82, 2.24) is 5.32 Å². The molecular formula is C14H19N3O2. The van der Waals surface area contributed by atoms with Gasteiger partial charge < -0.3 is 15.8 Å². The predicted molar refractivity (Wildman–Crippen MR) is 72.7 cm³/mol. The third kappa shape index (κ3) is 4.98. The summed E-state index contributed by atoms with van der Waals surface area (Å²) in [7, 11) is 0. The van der Waals surface area contributed by atoms with Gasteiger partial charge in [0.2, 0.25) is 0 Å². The van der Waals surface area contributed by atoms with E-state index in [9.17, 15) is 4.79 Å². The lowest BCUT2D eigenvalue weighted by Crippen LogP contribution is -2.29. The summed E-state index contributed by atoms with van der Waals surface area (Å²) in [5.41, 5.74) is 7.54. The molecule has 0 aromatic heterocycles. The van der Waals surface area contributed by atoms with E-state index in [2.05, 4.69) is 5.32 Å². The van der Waals surface area contributed by atoms with E-state index in [0.717, 1.165) is 16.9 Å². The Hall–Kier alpha value is -2.06. The highest BCUT2D eigenvalue weighted by molar-refractivity contribution is 5.77. The van der Waals surface area contributed by atoms with Crippen LogP contribution in [0, 0.1) is 18.3 Å². The smallest absolute Gasteiger partial charge is 0.257 e. The maximum atomic E-state index is 11.5. The first kappa shape index (κ1) is 15.0. The van der Waals surface area contributed by atoms with Crippen molar-refractivity contribution in [2.75, 3.05) is 19.7 Å². The monoisotopic (exact) mass is 261 g/mol. The second-order valence-electron chi connectivity index (χ2n) is 4.15. The minimum atomic E-state index is -0.225. The number of rotatable bonds is 7. The van der Waals surface area contributed by atoms with Crippen LogP contribution in [0.15, 0.2) is 18.2 Å². The Morgan fingerprint density at radius 1 is 1.53 bits per heavy atom. The average Bonchev–Trinajstić information content (AvgIpc) is 2.39. The Kier molecular flexibility index (Phi) is 6.41. The number of ether oxygens (including phenoxy) is 1. The van der Waals surface area contributed by atoms with Crippen LogP contribution >= 0.6 is 0 Å². The topological polar surface area (TPSA) is 88.1 Å². The van der Waals surface area contributed by atoms with E-state index < -0.39 is 0 Å². The molecule has 1 aromatic carbocycles. The van der Waals surface area contributed by atoms with Gasteiger partial charge in [0.15, 0.2) is 6.61 Å². The van der Waals surface area contributed by atoms with E-state index in [1.807, 2.05) is 31.2 Å². The summed E-state index contributed by atoms with van der Waals surface area (Å²) in [5.74, 6) is 0.501. The molecule has 1 aromatic rings. The summed E-state index contributed by atoms with van der Waals surface area (Å²) in [6.45, 7) is 2.77. The molecule has 0 aliphatic heterocycles. The van der Waals surface area contributed by atoms with E-state index in [-0.39, 0.29) is 12.5 Å². The normalized spacial score (nSPS) is 9.74. The molecular weight excluding hydrogens is 242 g/mol. The minimum Gasteiger partial charge on any atom is -0.483 e. The summed E-state index contributed by atoms with van der Waals surface area (Å²) in [6, 6.07) is 7.79. The number of benzene rings is 1. The van der Waals surface area contributed by atoms with Crippen molar-refractivity contribution in [3.8, 4) is 11.8 Å². The third-order valence-corrected chi connectivity index (χ3v) is 2.61. The molecule has 0 spiro atoms. The number of carbonyl (C=O) groups excluding carboxylic acids is 1. The van der Waals surface area contributed by atoms with Crippen molar-refractivity contribution in [1.29, 1.82) is 5.26 Å². The van der Waals surface area contributed by atoms with Gasteiger partial charge in [-0.15, -0.1) is 0 Å². The minimum absolute atomic E-state index is 0.0478. The molecule has 0 fully saturated rings. The number of carbonyl (C=O) groups is 1. The fourth-order valence-electron chi connectivity index (χ4n) is 1.72. The second-order valence-corrected chi connectivity index (χ2v) is 4.15. The number of nitrogens with one attached hydrogen (secondary N) is 1. The molecule has 0 saturated heterocycles. The van der Waals surface area contributed by atoms with Crippen LogP contribution < -0.4 is 15.8 Å². The van der Waals surface area contributed by atoms with Crippen molar-refractivity contribution in [2.24, 2.45) is 5.73 Å². The molecule has 5 heteroatoms. The molecule has 0 unspecified atom stereocenters. The Morgan fingerprint density at radius 2 is 2.32 bits per heavy atom. The standard InChI is InChI=1S/C14H19N3O2/c1-11-4-2-5-12(6-8-16)14(11)19-10-13(18)17-9-3-7-15/h2,4-5H,3,6,8-10,16H2,1H3,(H,17,18). The quantitative estimate of drug-likeness (QED) is 0.714. The molecule has 0 bridgehead atoms. The van der Waals surface area contributed by atoms with Gasteiger partial charge in [0.05, 0.1) is 12.5 Å². The zero-order valence-corrected chi connectivity index (χ0v) is 11.1. The largest absolute Gasteiger partial charge is 0.483 e. The number of aryl methyl sites for hydroxylation is 1. The molecule has 3 N–H and O–H groups in total. The predicted octanol–water partition coefficient (Wildman–Crippen LogP) is 0.905. The zero-order valence-electron chi connectivity index (χ0n) is 11.1. The highest BCUT2D eigenvalue weighted by Gasteiger charge is 2.08. The summed E-state index contributed by atoms with van der Waals surface area (Å²) in [6.07, 6.45) is 1.02. The van der Waals surface area contributed by atoms with Gasteiger partial charge in [-0.05, 0) is 31.0 Å². The Morgan fingerprint density at radius 3 is 3.00 bits per heavy atom. The molecule has 102 valence electrons. The first-order valence-electron chi connectivity index (χ1n) is 6.24. The molecule has 19 heavy (non-hydrogen) atoms. The average molecular weight is 261 g/mol. The lowest BCUT2D eigenvalue weighted by molar-refractivity contribution is -0.123. The molecule has 0 saturated carbocycles. The van der Waals surface area contributed by atoms with E-state index in [1.54, 1.807) is 0 Å². The fourth-order valence-corrected chi connectivity index (χ4v) is 1.72. The second kappa shape index (κ2) is 8.11. The molecule has 0 atom stereocenters. The van der Waals surface area contributed by atoms with Crippen LogP contribution in [0.25, 0.3) is 0 Å². The molecule has 1 amide bonds. The van der Waals surface area contributed by atoms with Gasteiger partial charge in [-0.2, -0.15) is 5.26 Å². The lowest BCUT2D eigenvalue weighted by atomic mass is 10.1. The van der Waals surface area contributed by atoms with Crippen LogP contribution in [0.4, 0.5) is 0 Å². The van der Waals surface area contributed by atoms with Crippen molar-refractivity contribution in [2.45, 2.75) is 19.8 Å². The zero-order chi connectivity index (χ0) is 14.1. The van der Waals surface area contributed by atoms with Crippen molar-refractivity contribution in [3.05, 3.63) is 29.3 Å². The first-order chi connectivity index (χ1) is 9.19. The van der Waals surface area contributed by atoms with Crippen LogP contribution in [-0.4, -0.2) is 25.6 Å². The van der Waals surface area contributed by atoms with Gasteiger partial charge in [-0.25, -0.2) is 0 Å². The maximum absolute atomic E-state index is 11.5. The summed E-state index contributed by atoms with van der Waals surface area (Å²) < 4.78 is 5.56. The summed E-state index contributed by atoms with van der Waals surface area (Å²) >= 11 is 0. The van der Waals surface area contributed by atoms with Gasteiger partial charge in [-0.1, -0.05) is 18.2 Å². The van der Waals surface area contributed by atoms with E-state index in [4.69, 9.17) is 15.7 Å². The van der Waals surface area contributed by atoms with Gasteiger partial charge in [-0.3, -0.25) is 4.79 Å². The molecule has 0 aliphatic carbocycles. The van der Waals surface area contributed by atoms with Crippen LogP contribution in [0.1, 0.15) is 17.5 Å². The lowest BCUT2D eigenvalue weighted by Gasteiger charge is -2.13. The van der Waals surface area contributed by atoms with E-state index in [0.29, 0.717) is 25.9 Å². The van der Waals surface area contributed by atoms with Crippen molar-refractivity contribution < 1.29 is 9.53 Å². The van der Waals surface area contributed by atoms with Gasteiger partial charge >= 0.3 is 0 Å². The molecule has 0 aliphatic rings. The van der Waals surface area contributed by atoms with Gasteiger partial charge in [0.1, 0.15) is 5.75 Å². The van der Waals surface area contributed by atoms with E-state index >= 15 is 0 Å². The Balaban J connectivity index is 2.57. The highest BCUT2D eigenvalue weighted by Crippen LogP contribution is 2.23. The fraction of sp³-hybridized carbons (Fsp3) is 0.429. The van der Waals surface area contributed by atoms with Crippen LogP contribution in [0.2, 0.25) is 0 Å². The SMILES string of the molecule is Cc1cccc(CCN)c1OCC(=O)NCCC#N. The molecule has 0 radical (unpaired) electrons. The van der Waals surface area contributed by atoms with E-state index in [1.165, 1.54) is 0 Å². The van der Waals surface area contributed by atoms with Gasteiger partial charge in [0.25, 0.3) is 5.91 Å². The van der Waals surface area contributed by atoms with Crippen LogP contribution in [-0.2, 0) is 11.2 Å². The summed E-state index contributed by atoms with van der Waals surface area (Å²) in [5, 5.41) is 11.0. The molecule has 5 nitrogen and oxygen atoms in total. The number of nitrogens with two attached hydrogens (primary N) is 1. The van der Waals surface area contributed by atoms with Crippen molar-refractivity contribution in [3.63, 3.8) is 0 Å². The van der Waals surface area contributed by atoms with Crippen LogP contribution in [0.5, 0.6) is 5.75 Å². The maximum Gasteiger partial charge on any atom is 0.257 e. The number of hydrogen-bond acceptors (Lipinski definition) is 4. The highest BCUT2D eigenvalue weighted by atomic mass is 16.5. The summed E-state index contributed by atoms with van der Waals surface area (Å²) in [4.78, 5) is 11.5. The number of hydrogen-bond donors (Lipinski definition) is 2. The number of nitriles is 1. The Labute approximate surface area is 113 Å². The first-order valence-corrected chi connectivity index (χ1v) is 6.24. The third-order valence-electron chi connectivity index (χ3n) is 2.61. The number of nitrogens with zero attached hydrogens (tertiary/aromatic N) is 1. The molecule has 1 rings (SSSR count). The van der Waals surface area contributed by atoms with Crippen LogP contribution in [0.3, 0.4) is 0 Å². The van der Waals surface area contributed by atoms with Crippen molar-refractivity contribution >= 4 is 5.91 Å². The molecule has 0 heterocycles. The Bertz CT molecular complexity index is 466.